The largest absolute Gasteiger partial charge is 0.458 e. The lowest BCUT2D eigenvalue weighted by atomic mass is 9.87. The molecule has 0 radical (unpaired) electrons. The van der Waals surface area contributed by atoms with Gasteiger partial charge in [-0.05, 0) is 45.3 Å². The fourth-order valence-corrected chi connectivity index (χ4v) is 3.68. The number of Topliss-reactive ketones (excluding diaryl/α,β-unsaturated/α-hetero) is 1. The lowest BCUT2D eigenvalue weighted by Gasteiger charge is -2.24. The fraction of sp³-hybridized carbons (Fsp3) is 0.333. The normalized spacial score (nSPS) is 14.2. The molecule has 1 atom stereocenters. The summed E-state index contributed by atoms with van der Waals surface area (Å²) < 4.78 is 5.49. The molecule has 0 heterocycles. The van der Waals surface area contributed by atoms with Crippen LogP contribution in [0, 0.1) is 0 Å². The van der Waals surface area contributed by atoms with Crippen molar-refractivity contribution in [3.8, 4) is 0 Å². The fourth-order valence-electron chi connectivity index (χ4n) is 3.68. The zero-order valence-corrected chi connectivity index (χ0v) is 19.2. The molecule has 6 heteroatoms. The molecule has 0 bridgehead atoms. The van der Waals surface area contributed by atoms with E-state index in [4.69, 9.17) is 4.74 Å². The monoisotopic (exact) mass is 447 g/mol. The molecule has 6 nitrogen and oxygen atoms in total. The number of carbonyl (C=O) groups is 4. The zero-order valence-electron chi connectivity index (χ0n) is 19.2. The molecular formula is C27H29NO5. The van der Waals surface area contributed by atoms with Crippen LogP contribution in [0.25, 0.3) is 0 Å². The van der Waals surface area contributed by atoms with E-state index in [1.165, 1.54) is 6.08 Å². The first-order valence-electron chi connectivity index (χ1n) is 11.1. The average Bonchev–Trinajstić information content (AvgIpc) is 2.76. The van der Waals surface area contributed by atoms with Gasteiger partial charge >= 0.3 is 5.97 Å². The zero-order chi connectivity index (χ0) is 24.0. The SMILES string of the molecule is CC(C)(C)OC(=O)[C@H](Cc1ccccc1)NC(=O)CCCC1=CC(=O)c2ccccc2C1=O. The number of carbonyl (C=O) groups excluding carboxylic acids is 4. The van der Waals surface area contributed by atoms with E-state index in [-0.39, 0.29) is 23.9 Å². The number of fused-ring (bicyclic) bond motifs is 1. The molecule has 2 aromatic carbocycles. The van der Waals surface area contributed by atoms with Gasteiger partial charge < -0.3 is 10.1 Å². The van der Waals surface area contributed by atoms with Crippen molar-refractivity contribution < 1.29 is 23.9 Å². The molecule has 1 N–H and O–H groups in total. The molecule has 3 rings (SSSR count). The van der Waals surface area contributed by atoms with E-state index in [1.54, 1.807) is 45.0 Å². The molecule has 0 unspecified atom stereocenters. The van der Waals surface area contributed by atoms with Gasteiger partial charge in [-0.2, -0.15) is 0 Å². The van der Waals surface area contributed by atoms with Crippen LogP contribution in [0.5, 0.6) is 0 Å². The number of ketones is 2. The van der Waals surface area contributed by atoms with Crippen LogP contribution in [0.1, 0.15) is 66.3 Å². The van der Waals surface area contributed by atoms with Crippen molar-refractivity contribution in [1.82, 2.24) is 5.32 Å². The Balaban J connectivity index is 1.59. The van der Waals surface area contributed by atoms with Crippen LogP contribution in [-0.2, 0) is 20.7 Å². The van der Waals surface area contributed by atoms with Gasteiger partial charge in [0, 0.05) is 29.5 Å². The average molecular weight is 448 g/mol. The van der Waals surface area contributed by atoms with Crippen molar-refractivity contribution >= 4 is 23.4 Å². The molecule has 0 saturated carbocycles. The molecule has 0 saturated heterocycles. The maximum absolute atomic E-state index is 12.7. The van der Waals surface area contributed by atoms with Crippen molar-refractivity contribution in [3.63, 3.8) is 0 Å². The van der Waals surface area contributed by atoms with Gasteiger partial charge in [0.15, 0.2) is 11.6 Å². The number of nitrogens with one attached hydrogen (secondary N) is 1. The van der Waals surface area contributed by atoms with E-state index in [9.17, 15) is 19.2 Å². The Bertz CT molecular complexity index is 1080. The van der Waals surface area contributed by atoms with Crippen LogP contribution in [-0.4, -0.2) is 35.1 Å². The maximum atomic E-state index is 12.7. The van der Waals surface area contributed by atoms with E-state index in [1.807, 2.05) is 30.3 Å². The van der Waals surface area contributed by atoms with Crippen LogP contribution >= 0.6 is 0 Å². The predicted octanol–water partition coefficient (Wildman–Crippen LogP) is 4.23. The van der Waals surface area contributed by atoms with Gasteiger partial charge in [0.2, 0.25) is 5.91 Å². The quantitative estimate of drug-likeness (QED) is 0.612. The Kier molecular flexibility index (Phi) is 7.59. The number of rotatable bonds is 8. The van der Waals surface area contributed by atoms with Gasteiger partial charge in [-0.25, -0.2) is 4.79 Å². The Morgan fingerprint density at radius 1 is 0.939 bits per heavy atom. The second-order valence-electron chi connectivity index (χ2n) is 9.11. The maximum Gasteiger partial charge on any atom is 0.329 e. The van der Waals surface area contributed by atoms with E-state index < -0.39 is 17.6 Å². The third-order valence-electron chi connectivity index (χ3n) is 5.19. The summed E-state index contributed by atoms with van der Waals surface area (Å²) in [6, 6.07) is 15.3. The summed E-state index contributed by atoms with van der Waals surface area (Å²) in [7, 11) is 0. The smallest absolute Gasteiger partial charge is 0.329 e. The van der Waals surface area contributed by atoms with Gasteiger partial charge in [-0.3, -0.25) is 14.4 Å². The first kappa shape index (κ1) is 24.1. The van der Waals surface area contributed by atoms with Crippen molar-refractivity contribution in [1.29, 1.82) is 0 Å². The molecule has 0 spiro atoms. The third kappa shape index (κ3) is 6.72. The molecule has 0 aliphatic heterocycles. The summed E-state index contributed by atoms with van der Waals surface area (Å²) in [5, 5.41) is 2.78. The topological polar surface area (TPSA) is 89.5 Å². The Hall–Kier alpha value is -3.54. The summed E-state index contributed by atoms with van der Waals surface area (Å²) in [5.74, 6) is -1.18. The Morgan fingerprint density at radius 3 is 2.24 bits per heavy atom. The van der Waals surface area contributed by atoms with Crippen molar-refractivity contribution in [2.75, 3.05) is 0 Å². The second-order valence-corrected chi connectivity index (χ2v) is 9.11. The summed E-state index contributed by atoms with van der Waals surface area (Å²) >= 11 is 0. The van der Waals surface area contributed by atoms with Crippen LogP contribution in [0.15, 0.2) is 66.2 Å². The van der Waals surface area contributed by atoms with Gasteiger partial charge in [0.25, 0.3) is 0 Å². The predicted molar refractivity (Wildman–Crippen MR) is 125 cm³/mol. The third-order valence-corrected chi connectivity index (χ3v) is 5.19. The minimum atomic E-state index is -0.817. The van der Waals surface area contributed by atoms with Crippen LogP contribution in [0.4, 0.5) is 0 Å². The minimum absolute atomic E-state index is 0.120. The summed E-state index contributed by atoms with van der Waals surface area (Å²) in [6.45, 7) is 5.34. The Labute approximate surface area is 194 Å². The highest BCUT2D eigenvalue weighted by atomic mass is 16.6. The molecule has 172 valence electrons. The molecule has 1 amide bonds. The van der Waals surface area contributed by atoms with Crippen LogP contribution < -0.4 is 5.32 Å². The summed E-state index contributed by atoms with van der Waals surface area (Å²) in [6.07, 6.45) is 2.49. The van der Waals surface area contributed by atoms with Gasteiger partial charge in [0.1, 0.15) is 11.6 Å². The molecule has 33 heavy (non-hydrogen) atoms. The van der Waals surface area contributed by atoms with Gasteiger partial charge in [-0.15, -0.1) is 0 Å². The summed E-state index contributed by atoms with van der Waals surface area (Å²) in [5.41, 5.74) is 1.44. The first-order valence-corrected chi connectivity index (χ1v) is 11.1. The van der Waals surface area contributed by atoms with Crippen LogP contribution in [0.2, 0.25) is 0 Å². The number of hydrogen-bond acceptors (Lipinski definition) is 5. The van der Waals surface area contributed by atoms with E-state index in [0.29, 0.717) is 36.0 Å². The van der Waals surface area contributed by atoms with Gasteiger partial charge in [0.05, 0.1) is 0 Å². The molecule has 1 aliphatic carbocycles. The standard InChI is InChI=1S/C27H29NO5/c1-27(2,3)33-26(32)22(16-18-10-5-4-6-11-18)28-24(30)15-9-12-19-17-23(29)20-13-7-8-14-21(20)25(19)31/h4-8,10-11,13-14,17,22H,9,12,15-16H2,1-3H3,(H,28,30)/t22-/m0/s1. The highest BCUT2D eigenvalue weighted by molar-refractivity contribution is 6.24. The van der Waals surface area contributed by atoms with Crippen molar-refractivity contribution in [2.24, 2.45) is 0 Å². The lowest BCUT2D eigenvalue weighted by molar-refractivity contribution is -0.158. The van der Waals surface area contributed by atoms with E-state index >= 15 is 0 Å². The number of ether oxygens (including phenoxy) is 1. The van der Waals surface area contributed by atoms with E-state index in [0.717, 1.165) is 5.56 Å². The molecule has 2 aromatic rings. The molecule has 0 aromatic heterocycles. The number of allylic oxidation sites excluding steroid dienone is 2. The van der Waals surface area contributed by atoms with Crippen molar-refractivity contribution in [3.05, 3.63) is 82.9 Å². The van der Waals surface area contributed by atoms with Gasteiger partial charge in [-0.1, -0.05) is 54.6 Å². The molecular weight excluding hydrogens is 418 g/mol. The molecule has 1 aliphatic rings. The van der Waals surface area contributed by atoms with Crippen LogP contribution in [0.3, 0.4) is 0 Å². The molecule has 0 fully saturated rings. The lowest BCUT2D eigenvalue weighted by Crippen LogP contribution is -2.45. The highest BCUT2D eigenvalue weighted by Crippen LogP contribution is 2.24. The summed E-state index contributed by atoms with van der Waals surface area (Å²) in [4.78, 5) is 50.2. The number of esters is 1. The number of hydrogen-bond donors (Lipinski definition) is 1. The number of amides is 1. The number of benzene rings is 2. The minimum Gasteiger partial charge on any atom is -0.458 e. The van der Waals surface area contributed by atoms with Crippen molar-refractivity contribution in [2.45, 2.75) is 58.1 Å². The van der Waals surface area contributed by atoms with E-state index in [2.05, 4.69) is 5.32 Å². The first-order chi connectivity index (χ1) is 15.6. The second kappa shape index (κ2) is 10.4. The Morgan fingerprint density at radius 2 is 1.58 bits per heavy atom. The highest BCUT2D eigenvalue weighted by Gasteiger charge is 2.28.